The third-order valence-corrected chi connectivity index (χ3v) is 5.26. The Morgan fingerprint density at radius 2 is 1.11 bits per heavy atom. The van der Waals surface area contributed by atoms with E-state index in [-0.39, 0.29) is 17.6 Å². The molecule has 2 rings (SSSR count). The normalized spacial score (nSPS) is 13.5. The van der Waals surface area contributed by atoms with Gasteiger partial charge in [0.05, 0.1) is 6.10 Å². The SMILES string of the molecule is CCCCCCCCCCC(c1ccc(F)cc1)C(O)c1ccc(F)cc1. The number of aliphatic hydroxyl groups is 1. The number of hydrogen-bond donors (Lipinski definition) is 1. The zero-order chi connectivity index (χ0) is 19.5. The number of benzene rings is 2. The minimum absolute atomic E-state index is 0.115. The van der Waals surface area contributed by atoms with E-state index in [9.17, 15) is 13.9 Å². The predicted molar refractivity (Wildman–Crippen MR) is 108 cm³/mol. The van der Waals surface area contributed by atoms with Crippen molar-refractivity contribution in [2.75, 3.05) is 0 Å². The average molecular weight is 375 g/mol. The summed E-state index contributed by atoms with van der Waals surface area (Å²) in [4.78, 5) is 0. The molecule has 2 aromatic carbocycles. The number of unbranched alkanes of at least 4 members (excludes halogenated alkanes) is 7. The van der Waals surface area contributed by atoms with Crippen LogP contribution in [-0.4, -0.2) is 5.11 Å². The van der Waals surface area contributed by atoms with Crippen molar-refractivity contribution in [3.8, 4) is 0 Å². The summed E-state index contributed by atoms with van der Waals surface area (Å²) in [5.41, 5.74) is 1.63. The molecule has 0 radical (unpaired) electrons. The molecular weight excluding hydrogens is 342 g/mol. The zero-order valence-electron chi connectivity index (χ0n) is 16.3. The molecule has 0 aliphatic rings. The molecule has 1 N–H and O–H groups in total. The molecule has 2 aromatic rings. The number of rotatable bonds is 12. The Morgan fingerprint density at radius 1 is 0.667 bits per heavy atom. The van der Waals surface area contributed by atoms with Gasteiger partial charge in [-0.15, -0.1) is 0 Å². The van der Waals surface area contributed by atoms with Gasteiger partial charge in [0.15, 0.2) is 0 Å². The highest BCUT2D eigenvalue weighted by Crippen LogP contribution is 2.35. The Kier molecular flexibility index (Phi) is 9.47. The quantitative estimate of drug-likeness (QED) is 0.386. The molecule has 0 saturated heterocycles. The van der Waals surface area contributed by atoms with Gasteiger partial charge in [0.2, 0.25) is 0 Å². The lowest BCUT2D eigenvalue weighted by molar-refractivity contribution is 0.138. The van der Waals surface area contributed by atoms with Gasteiger partial charge in [-0.25, -0.2) is 8.78 Å². The summed E-state index contributed by atoms with van der Waals surface area (Å²) in [6, 6.07) is 12.4. The first kappa shape index (κ1) is 21.6. The molecule has 0 spiro atoms. The minimum Gasteiger partial charge on any atom is -0.388 e. The number of hydrogen-bond acceptors (Lipinski definition) is 1. The van der Waals surface area contributed by atoms with Gasteiger partial charge in [0, 0.05) is 5.92 Å². The molecule has 2 unspecified atom stereocenters. The van der Waals surface area contributed by atoms with E-state index in [1.54, 1.807) is 24.3 Å². The van der Waals surface area contributed by atoms with Crippen LogP contribution < -0.4 is 0 Å². The van der Waals surface area contributed by atoms with Crippen LogP contribution in [0.15, 0.2) is 48.5 Å². The highest BCUT2D eigenvalue weighted by Gasteiger charge is 2.22. The van der Waals surface area contributed by atoms with E-state index in [0.717, 1.165) is 24.8 Å². The van der Waals surface area contributed by atoms with E-state index in [0.29, 0.717) is 5.56 Å². The molecule has 0 saturated carbocycles. The molecule has 0 amide bonds. The van der Waals surface area contributed by atoms with Crippen LogP contribution in [0.4, 0.5) is 8.78 Å². The smallest absolute Gasteiger partial charge is 0.123 e. The largest absolute Gasteiger partial charge is 0.388 e. The monoisotopic (exact) mass is 374 g/mol. The minimum atomic E-state index is -0.722. The van der Waals surface area contributed by atoms with Crippen LogP contribution >= 0.6 is 0 Å². The molecule has 27 heavy (non-hydrogen) atoms. The average Bonchev–Trinajstić information content (AvgIpc) is 2.68. The third kappa shape index (κ3) is 7.42. The first-order valence-electron chi connectivity index (χ1n) is 10.3. The predicted octanol–water partition coefficient (Wildman–Crippen LogP) is 7.31. The molecule has 0 fully saturated rings. The lowest BCUT2D eigenvalue weighted by atomic mass is 9.85. The van der Waals surface area contributed by atoms with Gasteiger partial charge in [-0.2, -0.15) is 0 Å². The fraction of sp³-hybridized carbons (Fsp3) is 0.500. The molecule has 0 aliphatic carbocycles. The van der Waals surface area contributed by atoms with Crippen LogP contribution in [0.2, 0.25) is 0 Å². The van der Waals surface area contributed by atoms with Gasteiger partial charge in [-0.05, 0) is 41.8 Å². The zero-order valence-corrected chi connectivity index (χ0v) is 16.3. The topological polar surface area (TPSA) is 20.2 Å². The summed E-state index contributed by atoms with van der Waals surface area (Å²) >= 11 is 0. The van der Waals surface area contributed by atoms with E-state index in [2.05, 4.69) is 6.92 Å². The fourth-order valence-electron chi connectivity index (χ4n) is 3.61. The molecule has 0 aromatic heterocycles. The highest BCUT2D eigenvalue weighted by molar-refractivity contribution is 5.27. The lowest BCUT2D eigenvalue weighted by Crippen LogP contribution is -2.11. The van der Waals surface area contributed by atoms with Crippen molar-refractivity contribution in [3.05, 3.63) is 71.3 Å². The second-order valence-corrected chi connectivity index (χ2v) is 7.42. The van der Waals surface area contributed by atoms with Crippen molar-refractivity contribution in [2.24, 2.45) is 0 Å². The van der Waals surface area contributed by atoms with Crippen LogP contribution in [0.1, 0.15) is 87.9 Å². The summed E-state index contributed by atoms with van der Waals surface area (Å²) in [5, 5.41) is 10.9. The molecular formula is C24H32F2O. The van der Waals surface area contributed by atoms with Gasteiger partial charge < -0.3 is 5.11 Å². The Balaban J connectivity index is 1.94. The number of aliphatic hydroxyl groups excluding tert-OH is 1. The van der Waals surface area contributed by atoms with Gasteiger partial charge in [-0.1, -0.05) is 82.6 Å². The first-order valence-corrected chi connectivity index (χ1v) is 10.3. The number of halogens is 2. The third-order valence-electron chi connectivity index (χ3n) is 5.26. The summed E-state index contributed by atoms with van der Waals surface area (Å²) in [6.07, 6.45) is 9.95. The van der Waals surface area contributed by atoms with Crippen molar-refractivity contribution in [2.45, 2.75) is 76.7 Å². The summed E-state index contributed by atoms with van der Waals surface area (Å²) in [7, 11) is 0. The maximum absolute atomic E-state index is 13.3. The maximum atomic E-state index is 13.3. The van der Waals surface area contributed by atoms with Crippen molar-refractivity contribution in [3.63, 3.8) is 0 Å². The van der Waals surface area contributed by atoms with Crippen LogP contribution in [0, 0.1) is 11.6 Å². The summed E-state index contributed by atoms with van der Waals surface area (Å²) < 4.78 is 26.5. The molecule has 148 valence electrons. The van der Waals surface area contributed by atoms with Gasteiger partial charge in [0.25, 0.3) is 0 Å². The first-order chi connectivity index (χ1) is 13.1. The fourth-order valence-corrected chi connectivity index (χ4v) is 3.61. The van der Waals surface area contributed by atoms with Crippen molar-refractivity contribution in [1.29, 1.82) is 0 Å². The molecule has 0 aliphatic heterocycles. The molecule has 3 heteroatoms. The Labute approximate surface area is 162 Å². The summed E-state index contributed by atoms with van der Waals surface area (Å²) in [6.45, 7) is 2.22. The van der Waals surface area contributed by atoms with E-state index in [4.69, 9.17) is 0 Å². The lowest BCUT2D eigenvalue weighted by Gasteiger charge is -2.24. The van der Waals surface area contributed by atoms with E-state index >= 15 is 0 Å². The van der Waals surface area contributed by atoms with Gasteiger partial charge in [-0.3, -0.25) is 0 Å². The maximum Gasteiger partial charge on any atom is 0.123 e. The molecule has 1 nitrogen and oxygen atoms in total. The van der Waals surface area contributed by atoms with Crippen LogP contribution in [0.3, 0.4) is 0 Å². The molecule has 0 bridgehead atoms. The standard InChI is InChI=1S/C24H32F2O/c1-2-3-4-5-6-7-8-9-10-23(19-11-15-21(25)16-12-19)24(27)20-13-17-22(26)18-14-20/h11-18,23-24,27H,2-10H2,1H3. The molecule has 0 heterocycles. The van der Waals surface area contributed by atoms with Gasteiger partial charge >= 0.3 is 0 Å². The van der Waals surface area contributed by atoms with Crippen LogP contribution in [0.5, 0.6) is 0 Å². The molecule has 2 atom stereocenters. The Bertz CT molecular complexity index is 636. The highest BCUT2D eigenvalue weighted by atomic mass is 19.1. The Hall–Kier alpha value is -1.74. The van der Waals surface area contributed by atoms with Crippen molar-refractivity contribution >= 4 is 0 Å². The van der Waals surface area contributed by atoms with E-state index in [1.807, 2.05) is 0 Å². The van der Waals surface area contributed by atoms with Gasteiger partial charge in [0.1, 0.15) is 11.6 Å². The van der Waals surface area contributed by atoms with E-state index in [1.165, 1.54) is 62.8 Å². The van der Waals surface area contributed by atoms with E-state index < -0.39 is 6.10 Å². The Morgan fingerprint density at radius 3 is 1.63 bits per heavy atom. The summed E-state index contributed by atoms with van der Waals surface area (Å²) in [5.74, 6) is -0.704. The van der Waals surface area contributed by atoms with Crippen molar-refractivity contribution < 1.29 is 13.9 Å². The van der Waals surface area contributed by atoms with Crippen LogP contribution in [0.25, 0.3) is 0 Å². The second kappa shape index (κ2) is 11.9. The van der Waals surface area contributed by atoms with Crippen LogP contribution in [-0.2, 0) is 0 Å². The van der Waals surface area contributed by atoms with Crippen molar-refractivity contribution in [1.82, 2.24) is 0 Å². The second-order valence-electron chi connectivity index (χ2n) is 7.42.